The predicted molar refractivity (Wildman–Crippen MR) is 160 cm³/mol. The van der Waals surface area contributed by atoms with Crippen molar-refractivity contribution in [3.63, 3.8) is 0 Å². The molecule has 0 N–H and O–H groups in total. The number of nitriles is 1. The molecule has 0 bridgehead atoms. The minimum Gasteiger partial charge on any atom is -0.486 e. The second-order valence-electron chi connectivity index (χ2n) is 12.1. The van der Waals surface area contributed by atoms with Crippen LogP contribution in [0.25, 0.3) is 21.8 Å². The molecule has 1 aliphatic heterocycles. The summed E-state index contributed by atoms with van der Waals surface area (Å²) in [5, 5.41) is 16.0. The molecule has 222 valence electrons. The first kappa shape index (κ1) is 29.8. The summed E-state index contributed by atoms with van der Waals surface area (Å²) in [6, 6.07) is 13.6. The molecule has 1 fully saturated rings. The number of rotatable bonds is 11. The average molecular weight is 595 g/mol. The monoisotopic (exact) mass is 594 g/mol. The Balaban J connectivity index is 1.59. The number of hydrogen-bond donors (Lipinski definition) is 0. The zero-order valence-corrected chi connectivity index (χ0v) is 25.4. The average Bonchev–Trinajstić information content (AvgIpc) is 3.52. The number of hydrogen-bond acceptors (Lipinski definition) is 7. The Morgan fingerprint density at radius 3 is 2.62 bits per heavy atom. The van der Waals surface area contributed by atoms with E-state index in [0.29, 0.717) is 41.0 Å². The maximum Gasteiger partial charge on any atom is 0.274 e. The fourth-order valence-corrected chi connectivity index (χ4v) is 6.04. The van der Waals surface area contributed by atoms with Gasteiger partial charge in [0.15, 0.2) is 0 Å². The van der Waals surface area contributed by atoms with E-state index in [4.69, 9.17) is 19.6 Å². The highest BCUT2D eigenvalue weighted by atomic mass is 28.3. The highest BCUT2D eigenvalue weighted by molar-refractivity contribution is 6.76. The summed E-state index contributed by atoms with van der Waals surface area (Å²) in [7, 11) is 0.709. The number of imidazole rings is 1. The van der Waals surface area contributed by atoms with E-state index in [2.05, 4.69) is 30.6 Å². The summed E-state index contributed by atoms with van der Waals surface area (Å²) in [5.74, 6) is 0.683. The van der Waals surface area contributed by atoms with E-state index in [1.807, 2.05) is 35.9 Å². The van der Waals surface area contributed by atoms with Gasteiger partial charge >= 0.3 is 0 Å². The van der Waals surface area contributed by atoms with Crippen LogP contribution in [0, 0.1) is 11.3 Å². The van der Waals surface area contributed by atoms with E-state index in [-0.39, 0.29) is 29.6 Å². The summed E-state index contributed by atoms with van der Waals surface area (Å²) in [6.45, 7) is 8.43. The predicted octanol–water partition coefficient (Wildman–Crippen LogP) is 5.04. The lowest BCUT2D eigenvalue weighted by Gasteiger charge is -2.18. The van der Waals surface area contributed by atoms with Gasteiger partial charge in [-0.2, -0.15) is 10.4 Å². The molecule has 0 aliphatic carbocycles. The van der Waals surface area contributed by atoms with Gasteiger partial charge in [0, 0.05) is 39.2 Å². The van der Waals surface area contributed by atoms with Crippen molar-refractivity contribution < 1.29 is 18.3 Å². The Hall–Kier alpha value is -3.66. The van der Waals surface area contributed by atoms with Crippen LogP contribution in [-0.4, -0.2) is 72.1 Å². The lowest BCUT2D eigenvalue weighted by molar-refractivity contribution is 0.0818. The molecule has 1 saturated heterocycles. The molecule has 2 aromatic carbocycles. The lowest BCUT2D eigenvalue weighted by atomic mass is 10.1. The van der Waals surface area contributed by atoms with Crippen molar-refractivity contribution in [2.45, 2.75) is 57.7 Å². The van der Waals surface area contributed by atoms with Crippen LogP contribution in [0.15, 0.2) is 41.2 Å². The van der Waals surface area contributed by atoms with Crippen LogP contribution in [0.4, 0.5) is 8.78 Å². The number of halogens is 2. The molecule has 2 aromatic heterocycles. The highest BCUT2D eigenvalue weighted by Crippen LogP contribution is 2.29. The van der Waals surface area contributed by atoms with Crippen molar-refractivity contribution in [3.8, 4) is 11.8 Å². The van der Waals surface area contributed by atoms with Crippen LogP contribution >= 0.6 is 0 Å². The van der Waals surface area contributed by atoms with Gasteiger partial charge in [0.25, 0.3) is 12.0 Å². The Morgan fingerprint density at radius 2 is 1.95 bits per heavy atom. The van der Waals surface area contributed by atoms with Crippen molar-refractivity contribution >= 4 is 29.9 Å². The molecule has 1 aliphatic rings. The molecular formula is C30H36F2N6O3Si. The highest BCUT2D eigenvalue weighted by Gasteiger charge is 2.25. The third kappa shape index (κ3) is 6.53. The van der Waals surface area contributed by atoms with Crippen LogP contribution in [0.3, 0.4) is 0 Å². The maximum absolute atomic E-state index is 13.5. The van der Waals surface area contributed by atoms with Gasteiger partial charge in [-0.05, 0) is 31.6 Å². The minimum absolute atomic E-state index is 0.0256. The summed E-state index contributed by atoms with van der Waals surface area (Å²) in [6.07, 6.45) is -1.54. The molecular weight excluding hydrogens is 558 g/mol. The number of likely N-dealkylation sites (N-methyl/N-ethyl adjacent to an activating group) is 1. The molecule has 1 unspecified atom stereocenters. The first-order chi connectivity index (χ1) is 20.0. The third-order valence-electron chi connectivity index (χ3n) is 7.57. The number of likely N-dealkylation sites (tertiary alicyclic amines) is 1. The number of nitrogens with zero attached hydrogens (tertiary/aromatic N) is 6. The second kappa shape index (κ2) is 12.3. The van der Waals surface area contributed by atoms with Gasteiger partial charge in [-0.15, -0.1) is 0 Å². The molecule has 12 heteroatoms. The van der Waals surface area contributed by atoms with Gasteiger partial charge in [-0.25, -0.2) is 18.4 Å². The topological polar surface area (TPSA) is 98.2 Å². The molecule has 0 spiro atoms. The van der Waals surface area contributed by atoms with Gasteiger partial charge in [0.05, 0.1) is 40.1 Å². The Labute approximate surface area is 244 Å². The van der Waals surface area contributed by atoms with Crippen molar-refractivity contribution in [2.75, 3.05) is 33.4 Å². The maximum atomic E-state index is 13.5. The molecule has 1 atom stereocenters. The summed E-state index contributed by atoms with van der Waals surface area (Å²) < 4.78 is 40.6. The van der Waals surface area contributed by atoms with Crippen LogP contribution in [0.1, 0.15) is 29.5 Å². The van der Waals surface area contributed by atoms with Gasteiger partial charge < -0.3 is 18.9 Å². The largest absolute Gasteiger partial charge is 0.486 e. The smallest absolute Gasteiger partial charge is 0.274 e. The molecule has 9 nitrogen and oxygen atoms in total. The number of benzene rings is 2. The first-order valence-electron chi connectivity index (χ1n) is 14.1. The van der Waals surface area contributed by atoms with E-state index in [1.165, 1.54) is 6.07 Å². The van der Waals surface area contributed by atoms with E-state index >= 15 is 0 Å². The van der Waals surface area contributed by atoms with E-state index in [9.17, 15) is 18.8 Å². The van der Waals surface area contributed by atoms with Crippen LogP contribution < -0.4 is 10.3 Å². The van der Waals surface area contributed by atoms with E-state index in [0.717, 1.165) is 30.9 Å². The van der Waals surface area contributed by atoms with Crippen LogP contribution in [-0.2, 0) is 17.9 Å². The lowest BCUT2D eigenvalue weighted by Crippen LogP contribution is -2.30. The van der Waals surface area contributed by atoms with Crippen LogP contribution in [0.5, 0.6) is 5.75 Å². The summed E-state index contributed by atoms with van der Waals surface area (Å²) in [4.78, 5) is 20.5. The van der Waals surface area contributed by atoms with Crippen molar-refractivity contribution in [3.05, 3.63) is 63.8 Å². The van der Waals surface area contributed by atoms with Gasteiger partial charge in [-0.1, -0.05) is 37.8 Å². The standard InChI is InChI=1S/C30H36F2N6O3Si/c1-36-10-9-21(17-36)38-30(39)23-8-6-5-7-22(23)24(35-38)15-29-34-25-14-27(41-18-28(31)32)20(16-33)13-26(25)37(29)19-40-11-12-42(2,3)4/h5-8,13-14,21,28H,9-12,15,17-19H2,1-4H3. The van der Waals surface area contributed by atoms with Crippen molar-refractivity contribution in [1.82, 2.24) is 24.2 Å². The molecule has 42 heavy (non-hydrogen) atoms. The Kier molecular flexibility index (Phi) is 8.72. The Bertz CT molecular complexity index is 1690. The number of aromatic nitrogens is 4. The minimum atomic E-state index is -2.67. The quantitative estimate of drug-likeness (QED) is 0.177. The fraction of sp³-hybridized carbons (Fsp3) is 0.467. The molecule has 5 rings (SSSR count). The third-order valence-corrected chi connectivity index (χ3v) is 9.28. The normalized spacial score (nSPS) is 16.1. The SMILES string of the molecule is CN1CCC(n2nc(Cc3nc4cc(OCC(F)F)c(C#N)cc4n3COCC[Si](C)(C)C)c3ccccc3c2=O)C1. The molecule has 3 heterocycles. The van der Waals surface area contributed by atoms with Gasteiger partial charge in [-0.3, -0.25) is 4.79 Å². The zero-order chi connectivity index (χ0) is 30.0. The van der Waals surface area contributed by atoms with Crippen molar-refractivity contribution in [2.24, 2.45) is 0 Å². The summed E-state index contributed by atoms with van der Waals surface area (Å²) >= 11 is 0. The number of ether oxygens (including phenoxy) is 2. The second-order valence-corrected chi connectivity index (χ2v) is 17.7. The van der Waals surface area contributed by atoms with Crippen LogP contribution in [0.2, 0.25) is 25.7 Å². The molecule has 4 aromatic rings. The van der Waals surface area contributed by atoms with E-state index in [1.54, 1.807) is 10.7 Å². The molecule has 0 radical (unpaired) electrons. The van der Waals surface area contributed by atoms with E-state index < -0.39 is 21.1 Å². The van der Waals surface area contributed by atoms with Gasteiger partial charge in [0.2, 0.25) is 0 Å². The number of fused-ring (bicyclic) bond motifs is 2. The first-order valence-corrected chi connectivity index (χ1v) is 17.9. The number of alkyl halides is 2. The molecule has 0 saturated carbocycles. The van der Waals surface area contributed by atoms with Gasteiger partial charge in [0.1, 0.15) is 31.0 Å². The van der Waals surface area contributed by atoms with Crippen molar-refractivity contribution in [1.29, 1.82) is 5.26 Å². The zero-order valence-electron chi connectivity index (χ0n) is 24.4. The molecule has 0 amide bonds. The fourth-order valence-electron chi connectivity index (χ4n) is 5.29. The Morgan fingerprint density at radius 1 is 1.19 bits per heavy atom. The summed E-state index contributed by atoms with van der Waals surface area (Å²) in [5.41, 5.74) is 1.86.